The molecule has 0 spiro atoms. The van der Waals surface area contributed by atoms with Crippen molar-refractivity contribution in [2.45, 2.75) is 25.2 Å². The highest BCUT2D eigenvalue weighted by atomic mass is 19.1. The van der Waals surface area contributed by atoms with Gasteiger partial charge in [-0.2, -0.15) is 0 Å². The van der Waals surface area contributed by atoms with Crippen LogP contribution in [0.5, 0.6) is 0 Å². The van der Waals surface area contributed by atoms with E-state index in [4.69, 9.17) is 0 Å². The van der Waals surface area contributed by atoms with Gasteiger partial charge in [-0.3, -0.25) is 9.78 Å². The Kier molecular flexibility index (Phi) is 4.47. The van der Waals surface area contributed by atoms with Crippen molar-refractivity contribution in [1.29, 1.82) is 0 Å². The summed E-state index contributed by atoms with van der Waals surface area (Å²) in [5.41, 5.74) is 1.98. The third-order valence-electron chi connectivity index (χ3n) is 4.22. The number of aromatic nitrogens is 1. The van der Waals surface area contributed by atoms with Crippen LogP contribution in [0.25, 0.3) is 0 Å². The minimum atomic E-state index is -0.271. The quantitative estimate of drug-likeness (QED) is 0.872. The first-order valence-electron chi connectivity index (χ1n) is 7.65. The fourth-order valence-corrected chi connectivity index (χ4v) is 2.93. The van der Waals surface area contributed by atoms with E-state index in [1.165, 1.54) is 12.1 Å². The van der Waals surface area contributed by atoms with E-state index in [1.807, 2.05) is 23.2 Å². The molecule has 1 aliphatic rings. The number of pyridine rings is 1. The molecule has 1 fully saturated rings. The number of benzene rings is 1. The molecule has 3 nitrogen and oxygen atoms in total. The maximum Gasteiger partial charge on any atom is 0.226 e. The van der Waals surface area contributed by atoms with Crippen molar-refractivity contribution in [3.63, 3.8) is 0 Å². The normalized spacial score (nSPS) is 15.8. The fraction of sp³-hybridized carbons (Fsp3) is 0.333. The average molecular weight is 298 g/mol. The van der Waals surface area contributed by atoms with Crippen LogP contribution in [0.15, 0.2) is 48.7 Å². The van der Waals surface area contributed by atoms with Crippen LogP contribution >= 0.6 is 0 Å². The van der Waals surface area contributed by atoms with Crippen LogP contribution in [0.4, 0.5) is 4.39 Å². The van der Waals surface area contributed by atoms with Gasteiger partial charge >= 0.3 is 0 Å². The van der Waals surface area contributed by atoms with Gasteiger partial charge in [0, 0.05) is 30.9 Å². The third-order valence-corrected chi connectivity index (χ3v) is 4.22. The number of rotatable bonds is 3. The van der Waals surface area contributed by atoms with E-state index in [2.05, 4.69) is 11.1 Å². The monoisotopic (exact) mass is 298 g/mol. The molecule has 0 aliphatic carbocycles. The highest BCUT2D eigenvalue weighted by molar-refractivity contribution is 5.78. The summed E-state index contributed by atoms with van der Waals surface area (Å²) >= 11 is 0. The summed E-state index contributed by atoms with van der Waals surface area (Å²) in [6, 6.07) is 12.1. The first-order chi connectivity index (χ1) is 10.7. The number of likely N-dealkylation sites (tertiary alicyclic amines) is 1. The smallest absolute Gasteiger partial charge is 0.226 e. The predicted octanol–water partition coefficient (Wildman–Crippen LogP) is 3.17. The number of halogens is 1. The van der Waals surface area contributed by atoms with Crippen LogP contribution in [0, 0.1) is 5.82 Å². The Hall–Kier alpha value is -2.23. The molecule has 0 atom stereocenters. The lowest BCUT2D eigenvalue weighted by Crippen LogP contribution is -2.38. The molecule has 4 heteroatoms. The van der Waals surface area contributed by atoms with Gasteiger partial charge in [0.05, 0.1) is 6.42 Å². The summed E-state index contributed by atoms with van der Waals surface area (Å²) in [7, 11) is 0. The lowest BCUT2D eigenvalue weighted by molar-refractivity contribution is -0.131. The van der Waals surface area contributed by atoms with Crippen molar-refractivity contribution in [2.24, 2.45) is 0 Å². The second kappa shape index (κ2) is 6.69. The molecule has 1 aliphatic heterocycles. The number of hydrogen-bond donors (Lipinski definition) is 0. The van der Waals surface area contributed by atoms with E-state index in [0.29, 0.717) is 12.3 Å². The van der Waals surface area contributed by atoms with Crippen LogP contribution in [0.3, 0.4) is 0 Å². The molecule has 0 saturated carbocycles. The minimum Gasteiger partial charge on any atom is -0.342 e. The van der Waals surface area contributed by atoms with Crippen molar-refractivity contribution in [3.05, 3.63) is 65.7 Å². The largest absolute Gasteiger partial charge is 0.342 e. The molecule has 1 aromatic heterocycles. The molecule has 2 heterocycles. The molecular formula is C18H19FN2O. The Balaban J connectivity index is 1.54. The molecule has 22 heavy (non-hydrogen) atoms. The summed E-state index contributed by atoms with van der Waals surface area (Å²) < 4.78 is 12.9. The first kappa shape index (κ1) is 14.7. The number of carbonyl (C=O) groups excluding carboxylic acids is 1. The van der Waals surface area contributed by atoms with E-state index in [-0.39, 0.29) is 11.7 Å². The fourth-order valence-electron chi connectivity index (χ4n) is 2.93. The van der Waals surface area contributed by atoms with E-state index in [1.54, 1.807) is 12.1 Å². The molecule has 1 aromatic carbocycles. The Bertz CT molecular complexity index is 619. The lowest BCUT2D eigenvalue weighted by Gasteiger charge is -2.31. The summed E-state index contributed by atoms with van der Waals surface area (Å²) in [5, 5.41) is 0. The van der Waals surface area contributed by atoms with E-state index >= 15 is 0 Å². The maximum absolute atomic E-state index is 12.9. The second-order valence-electron chi connectivity index (χ2n) is 5.71. The van der Waals surface area contributed by atoms with Gasteiger partial charge in [0.15, 0.2) is 0 Å². The van der Waals surface area contributed by atoms with Gasteiger partial charge in [0.25, 0.3) is 0 Å². The van der Waals surface area contributed by atoms with Gasteiger partial charge in [0.1, 0.15) is 5.82 Å². The molecule has 114 valence electrons. The summed E-state index contributed by atoms with van der Waals surface area (Å²) in [6.07, 6.45) is 4.06. The zero-order valence-corrected chi connectivity index (χ0v) is 12.4. The Labute approximate surface area is 129 Å². The van der Waals surface area contributed by atoms with Gasteiger partial charge in [-0.25, -0.2) is 4.39 Å². The van der Waals surface area contributed by atoms with Gasteiger partial charge in [-0.1, -0.05) is 18.2 Å². The molecule has 0 bridgehead atoms. The lowest BCUT2D eigenvalue weighted by atomic mass is 9.93. The molecule has 0 unspecified atom stereocenters. The van der Waals surface area contributed by atoms with Gasteiger partial charge in [-0.15, -0.1) is 0 Å². The van der Waals surface area contributed by atoms with Crippen molar-refractivity contribution in [1.82, 2.24) is 9.88 Å². The summed E-state index contributed by atoms with van der Waals surface area (Å²) in [4.78, 5) is 18.6. The zero-order chi connectivity index (χ0) is 15.4. The van der Waals surface area contributed by atoms with Crippen LogP contribution in [0.1, 0.15) is 30.0 Å². The Morgan fingerprint density at radius 2 is 1.86 bits per heavy atom. The van der Waals surface area contributed by atoms with Crippen molar-refractivity contribution in [2.75, 3.05) is 13.1 Å². The summed E-state index contributed by atoms with van der Waals surface area (Å²) in [6.45, 7) is 1.53. The number of piperidine rings is 1. The standard InChI is InChI=1S/C18H19FN2O/c19-16-6-4-14(5-7-16)13-18(22)21-11-8-15(9-12-21)17-3-1-2-10-20-17/h1-7,10,15H,8-9,11-13H2. The number of amides is 1. The van der Waals surface area contributed by atoms with Crippen molar-refractivity contribution >= 4 is 5.91 Å². The molecule has 1 amide bonds. The summed E-state index contributed by atoms with van der Waals surface area (Å²) in [5.74, 6) is 0.287. The number of carbonyl (C=O) groups is 1. The predicted molar refractivity (Wildman–Crippen MR) is 82.9 cm³/mol. The molecular weight excluding hydrogens is 279 g/mol. The van der Waals surface area contributed by atoms with E-state index in [9.17, 15) is 9.18 Å². The minimum absolute atomic E-state index is 0.117. The number of hydrogen-bond acceptors (Lipinski definition) is 2. The topological polar surface area (TPSA) is 33.2 Å². The number of nitrogens with zero attached hydrogens (tertiary/aromatic N) is 2. The van der Waals surface area contributed by atoms with Gasteiger partial charge in [0.2, 0.25) is 5.91 Å². The highest BCUT2D eigenvalue weighted by Gasteiger charge is 2.24. The maximum atomic E-state index is 12.9. The van der Waals surface area contributed by atoms with Crippen LogP contribution in [0.2, 0.25) is 0 Å². The third kappa shape index (κ3) is 3.50. The Morgan fingerprint density at radius 1 is 1.14 bits per heavy atom. The molecule has 0 N–H and O–H groups in total. The molecule has 0 radical (unpaired) electrons. The van der Waals surface area contributed by atoms with Crippen LogP contribution in [-0.2, 0) is 11.2 Å². The highest BCUT2D eigenvalue weighted by Crippen LogP contribution is 2.26. The van der Waals surface area contributed by atoms with Gasteiger partial charge < -0.3 is 4.90 Å². The van der Waals surface area contributed by atoms with Crippen LogP contribution in [-0.4, -0.2) is 28.9 Å². The van der Waals surface area contributed by atoms with Crippen LogP contribution < -0.4 is 0 Å². The van der Waals surface area contributed by atoms with E-state index < -0.39 is 0 Å². The Morgan fingerprint density at radius 3 is 2.50 bits per heavy atom. The molecule has 2 aromatic rings. The first-order valence-corrected chi connectivity index (χ1v) is 7.65. The van der Waals surface area contributed by atoms with Gasteiger partial charge in [-0.05, 0) is 42.7 Å². The molecule has 1 saturated heterocycles. The SMILES string of the molecule is O=C(Cc1ccc(F)cc1)N1CCC(c2ccccn2)CC1. The van der Waals surface area contributed by atoms with Crippen molar-refractivity contribution < 1.29 is 9.18 Å². The average Bonchev–Trinajstić information content (AvgIpc) is 2.58. The molecule has 3 rings (SSSR count). The zero-order valence-electron chi connectivity index (χ0n) is 12.4. The van der Waals surface area contributed by atoms with Crippen molar-refractivity contribution in [3.8, 4) is 0 Å². The van der Waals surface area contributed by atoms with E-state index in [0.717, 1.165) is 37.2 Å². The second-order valence-corrected chi connectivity index (χ2v) is 5.71.